The molecular weight excluding hydrogens is 280 g/mol. The highest BCUT2D eigenvalue weighted by Crippen LogP contribution is 2.19. The molecule has 4 nitrogen and oxygen atoms in total. The Hall–Kier alpha value is -1.98. The molecule has 0 bridgehead atoms. The van der Waals surface area contributed by atoms with Crippen LogP contribution in [0.1, 0.15) is 18.4 Å². The van der Waals surface area contributed by atoms with Crippen molar-refractivity contribution in [3.05, 3.63) is 35.4 Å². The van der Waals surface area contributed by atoms with Crippen LogP contribution < -0.4 is 0 Å². The van der Waals surface area contributed by atoms with Gasteiger partial charge in [-0.05, 0) is 30.5 Å². The first-order chi connectivity index (χ1) is 10.0. The predicted molar refractivity (Wildman–Crippen MR) is 71.4 cm³/mol. The molecule has 1 saturated heterocycles. The van der Waals surface area contributed by atoms with Gasteiger partial charge in [0, 0.05) is 13.1 Å². The number of esters is 1. The van der Waals surface area contributed by atoms with E-state index in [-0.39, 0.29) is 24.2 Å². The fraction of sp³-hybridized carbons (Fsp3) is 0.467. The van der Waals surface area contributed by atoms with Crippen molar-refractivity contribution in [2.45, 2.75) is 19.3 Å². The highest BCUT2D eigenvalue weighted by Gasteiger charge is 2.28. The third-order valence-corrected chi connectivity index (χ3v) is 3.65. The third kappa shape index (κ3) is 3.77. The van der Waals surface area contributed by atoms with Gasteiger partial charge in [0.15, 0.2) is 11.6 Å². The van der Waals surface area contributed by atoms with Crippen LogP contribution in [0.15, 0.2) is 18.2 Å². The molecule has 1 aliphatic heterocycles. The van der Waals surface area contributed by atoms with Crippen LogP contribution in [-0.2, 0) is 20.7 Å². The average molecular weight is 297 g/mol. The van der Waals surface area contributed by atoms with Crippen LogP contribution in [-0.4, -0.2) is 37.0 Å². The molecule has 1 fully saturated rings. The van der Waals surface area contributed by atoms with Gasteiger partial charge in [-0.2, -0.15) is 0 Å². The number of nitrogens with zero attached hydrogens (tertiary/aromatic N) is 1. The number of hydrogen-bond acceptors (Lipinski definition) is 3. The Morgan fingerprint density at radius 1 is 1.33 bits per heavy atom. The van der Waals surface area contributed by atoms with E-state index in [1.807, 2.05) is 0 Å². The Balaban J connectivity index is 1.99. The lowest BCUT2D eigenvalue weighted by Crippen LogP contribution is -2.43. The number of benzene rings is 1. The zero-order valence-electron chi connectivity index (χ0n) is 11.8. The maximum Gasteiger partial charge on any atom is 0.310 e. The van der Waals surface area contributed by atoms with E-state index in [0.29, 0.717) is 25.1 Å². The Bertz CT molecular complexity index is 548. The summed E-state index contributed by atoms with van der Waals surface area (Å²) in [6.45, 7) is 0.880. The first-order valence-corrected chi connectivity index (χ1v) is 6.80. The lowest BCUT2D eigenvalue weighted by atomic mass is 9.97. The molecule has 6 heteroatoms. The number of piperidine rings is 1. The highest BCUT2D eigenvalue weighted by molar-refractivity contribution is 5.80. The van der Waals surface area contributed by atoms with Crippen LogP contribution in [0, 0.1) is 17.6 Å². The van der Waals surface area contributed by atoms with Crippen molar-refractivity contribution in [3.8, 4) is 0 Å². The van der Waals surface area contributed by atoms with Gasteiger partial charge >= 0.3 is 5.97 Å². The van der Waals surface area contributed by atoms with Gasteiger partial charge in [-0.25, -0.2) is 8.78 Å². The minimum absolute atomic E-state index is 0.00884. The molecule has 0 radical (unpaired) electrons. The summed E-state index contributed by atoms with van der Waals surface area (Å²) in [4.78, 5) is 25.3. The van der Waals surface area contributed by atoms with E-state index < -0.39 is 11.6 Å². The molecular formula is C15H17F2NO3. The molecule has 21 heavy (non-hydrogen) atoms. The molecule has 1 amide bonds. The van der Waals surface area contributed by atoms with Crippen molar-refractivity contribution in [1.29, 1.82) is 0 Å². The molecule has 1 aromatic carbocycles. The van der Waals surface area contributed by atoms with Gasteiger partial charge in [0.2, 0.25) is 5.91 Å². The topological polar surface area (TPSA) is 46.6 Å². The van der Waals surface area contributed by atoms with Gasteiger partial charge < -0.3 is 9.64 Å². The van der Waals surface area contributed by atoms with Crippen molar-refractivity contribution in [1.82, 2.24) is 4.90 Å². The summed E-state index contributed by atoms with van der Waals surface area (Å²) in [5.41, 5.74) is 0.416. The zero-order chi connectivity index (χ0) is 15.4. The molecule has 0 spiro atoms. The lowest BCUT2D eigenvalue weighted by molar-refractivity contribution is -0.148. The van der Waals surface area contributed by atoms with Crippen molar-refractivity contribution in [3.63, 3.8) is 0 Å². The molecule has 0 aromatic heterocycles. The minimum Gasteiger partial charge on any atom is -0.469 e. The lowest BCUT2D eigenvalue weighted by Gasteiger charge is -2.31. The summed E-state index contributed by atoms with van der Waals surface area (Å²) in [5.74, 6) is -2.73. The molecule has 114 valence electrons. The maximum atomic E-state index is 13.1. The number of carbonyl (C=O) groups excluding carboxylic acids is 2. The normalized spacial score (nSPS) is 18.4. The molecule has 0 N–H and O–H groups in total. The fourth-order valence-electron chi connectivity index (χ4n) is 2.50. The van der Waals surface area contributed by atoms with Crippen LogP contribution in [0.3, 0.4) is 0 Å². The summed E-state index contributed by atoms with van der Waals surface area (Å²) in [7, 11) is 1.32. The molecule has 1 unspecified atom stereocenters. The van der Waals surface area contributed by atoms with Gasteiger partial charge in [0.1, 0.15) is 0 Å². The Kier molecular flexibility index (Phi) is 4.88. The zero-order valence-corrected chi connectivity index (χ0v) is 11.8. The summed E-state index contributed by atoms with van der Waals surface area (Å²) in [6, 6.07) is 3.42. The van der Waals surface area contributed by atoms with Gasteiger partial charge in [-0.3, -0.25) is 9.59 Å². The number of carbonyl (C=O) groups is 2. The molecule has 2 rings (SSSR count). The van der Waals surface area contributed by atoms with Gasteiger partial charge in [-0.1, -0.05) is 6.07 Å². The van der Waals surface area contributed by atoms with E-state index in [4.69, 9.17) is 4.74 Å². The average Bonchev–Trinajstić information content (AvgIpc) is 2.50. The molecule has 1 aromatic rings. The quantitative estimate of drug-likeness (QED) is 0.801. The fourth-order valence-corrected chi connectivity index (χ4v) is 2.50. The van der Waals surface area contributed by atoms with E-state index >= 15 is 0 Å². The highest BCUT2D eigenvalue weighted by atomic mass is 19.2. The minimum atomic E-state index is -0.966. The molecule has 1 aliphatic rings. The van der Waals surface area contributed by atoms with Crippen molar-refractivity contribution < 1.29 is 23.1 Å². The first-order valence-electron chi connectivity index (χ1n) is 6.80. The summed E-state index contributed by atoms with van der Waals surface area (Å²) in [5, 5.41) is 0. The van der Waals surface area contributed by atoms with Crippen molar-refractivity contribution >= 4 is 11.9 Å². The maximum absolute atomic E-state index is 13.1. The molecule has 0 saturated carbocycles. The van der Waals surface area contributed by atoms with Crippen LogP contribution in [0.4, 0.5) is 8.78 Å². The van der Waals surface area contributed by atoms with Crippen LogP contribution in [0.5, 0.6) is 0 Å². The smallest absolute Gasteiger partial charge is 0.310 e. The summed E-state index contributed by atoms with van der Waals surface area (Å²) >= 11 is 0. The summed E-state index contributed by atoms with van der Waals surface area (Å²) < 4.78 is 30.7. The van der Waals surface area contributed by atoms with E-state index in [2.05, 4.69) is 0 Å². The van der Waals surface area contributed by atoms with Crippen LogP contribution in [0.25, 0.3) is 0 Å². The Labute approximate surface area is 121 Å². The van der Waals surface area contributed by atoms with E-state index in [0.717, 1.165) is 18.6 Å². The Morgan fingerprint density at radius 3 is 2.76 bits per heavy atom. The van der Waals surface area contributed by atoms with Crippen molar-refractivity contribution in [2.24, 2.45) is 5.92 Å². The van der Waals surface area contributed by atoms with E-state index in [9.17, 15) is 18.4 Å². The number of ether oxygens (including phenoxy) is 1. The second-order valence-corrected chi connectivity index (χ2v) is 5.13. The third-order valence-electron chi connectivity index (χ3n) is 3.65. The number of hydrogen-bond donors (Lipinski definition) is 0. The second kappa shape index (κ2) is 6.65. The van der Waals surface area contributed by atoms with E-state index in [1.165, 1.54) is 13.2 Å². The van der Waals surface area contributed by atoms with Gasteiger partial charge in [0.05, 0.1) is 19.4 Å². The molecule has 1 heterocycles. The SMILES string of the molecule is COC(=O)C1CCCN(C(=O)Cc2ccc(F)c(F)c2)C1. The number of amides is 1. The molecule has 0 aliphatic carbocycles. The number of halogens is 2. The van der Waals surface area contributed by atoms with Crippen molar-refractivity contribution in [2.75, 3.05) is 20.2 Å². The van der Waals surface area contributed by atoms with Gasteiger partial charge in [-0.15, -0.1) is 0 Å². The number of rotatable bonds is 3. The predicted octanol–water partition coefficient (Wildman–Crippen LogP) is 1.92. The number of likely N-dealkylation sites (tertiary alicyclic amines) is 1. The second-order valence-electron chi connectivity index (χ2n) is 5.13. The molecule has 1 atom stereocenters. The largest absolute Gasteiger partial charge is 0.469 e. The van der Waals surface area contributed by atoms with Crippen LogP contribution in [0.2, 0.25) is 0 Å². The standard InChI is InChI=1S/C15H17F2NO3/c1-21-15(20)11-3-2-6-18(9-11)14(19)8-10-4-5-12(16)13(17)7-10/h4-5,7,11H,2-3,6,8-9H2,1H3. The summed E-state index contributed by atoms with van der Waals surface area (Å²) in [6.07, 6.45) is 1.41. The van der Waals surface area contributed by atoms with E-state index in [1.54, 1.807) is 4.90 Å². The van der Waals surface area contributed by atoms with Gasteiger partial charge in [0.25, 0.3) is 0 Å². The number of methoxy groups -OCH3 is 1. The Morgan fingerprint density at radius 2 is 2.10 bits per heavy atom. The van der Waals surface area contributed by atoms with Crippen LogP contribution >= 0.6 is 0 Å². The monoisotopic (exact) mass is 297 g/mol. The first kappa shape index (κ1) is 15.4.